The Hall–Kier alpha value is -2.94. The summed E-state index contributed by atoms with van der Waals surface area (Å²) in [7, 11) is 0. The van der Waals surface area contributed by atoms with Crippen molar-refractivity contribution >= 4 is 11.6 Å². The van der Waals surface area contributed by atoms with E-state index in [-0.39, 0.29) is 0 Å². The molecule has 0 saturated carbocycles. The summed E-state index contributed by atoms with van der Waals surface area (Å²) in [4.78, 5) is 4.48. The van der Waals surface area contributed by atoms with Crippen molar-refractivity contribution in [1.82, 2.24) is 4.98 Å². The Morgan fingerprint density at radius 3 is 2.00 bits per heavy atom. The van der Waals surface area contributed by atoms with Crippen molar-refractivity contribution < 1.29 is 5.11 Å². The van der Waals surface area contributed by atoms with Gasteiger partial charge in [0.25, 0.3) is 0 Å². The third-order valence-electron chi connectivity index (χ3n) is 4.71. The number of aliphatic hydroxyl groups is 1. The van der Waals surface area contributed by atoms with Gasteiger partial charge >= 0.3 is 0 Å². The highest BCUT2D eigenvalue weighted by molar-refractivity contribution is 6.33. The first-order valence-electron chi connectivity index (χ1n) is 8.75. The van der Waals surface area contributed by atoms with Gasteiger partial charge in [-0.15, -0.1) is 0 Å². The first kappa shape index (κ1) is 17.5. The van der Waals surface area contributed by atoms with Crippen molar-refractivity contribution in [3.63, 3.8) is 0 Å². The zero-order valence-electron chi connectivity index (χ0n) is 14.6. The molecule has 4 aromatic rings. The van der Waals surface area contributed by atoms with E-state index in [1.807, 2.05) is 97.1 Å². The zero-order valence-corrected chi connectivity index (χ0v) is 15.3. The fourth-order valence-corrected chi connectivity index (χ4v) is 3.65. The maximum absolute atomic E-state index is 12.1. The Morgan fingerprint density at radius 1 is 0.667 bits per heavy atom. The molecule has 0 fully saturated rings. The lowest BCUT2D eigenvalue weighted by atomic mass is 9.79. The summed E-state index contributed by atoms with van der Waals surface area (Å²) in [5.74, 6) is 0. The Labute approximate surface area is 163 Å². The molecule has 0 aliphatic heterocycles. The predicted octanol–water partition coefficient (Wildman–Crippen LogP) is 5.69. The molecule has 1 atom stereocenters. The van der Waals surface area contributed by atoms with Crippen LogP contribution in [0.15, 0.2) is 103 Å². The van der Waals surface area contributed by atoms with Crippen LogP contribution in [0, 0.1) is 0 Å². The predicted molar refractivity (Wildman–Crippen MR) is 110 cm³/mol. The van der Waals surface area contributed by atoms with Gasteiger partial charge in [0, 0.05) is 22.3 Å². The van der Waals surface area contributed by atoms with Crippen LogP contribution < -0.4 is 0 Å². The number of hydrogen-bond donors (Lipinski definition) is 1. The summed E-state index contributed by atoms with van der Waals surface area (Å²) in [5.41, 5.74) is 2.40. The molecule has 1 N–H and O–H groups in total. The van der Waals surface area contributed by atoms with E-state index in [1.165, 1.54) is 0 Å². The molecule has 0 aliphatic carbocycles. The smallest absolute Gasteiger partial charge is 0.157 e. The van der Waals surface area contributed by atoms with Crippen LogP contribution in [0.3, 0.4) is 0 Å². The fraction of sp³-hybridized carbons (Fsp3) is 0.0417. The van der Waals surface area contributed by atoms with Crippen LogP contribution in [0.25, 0.3) is 11.1 Å². The molecule has 1 heterocycles. The summed E-state index contributed by atoms with van der Waals surface area (Å²) in [6, 6.07) is 30.6. The summed E-state index contributed by atoms with van der Waals surface area (Å²) < 4.78 is 0. The van der Waals surface area contributed by atoms with Crippen LogP contribution >= 0.6 is 11.6 Å². The van der Waals surface area contributed by atoms with Gasteiger partial charge in [0.15, 0.2) is 5.60 Å². The summed E-state index contributed by atoms with van der Waals surface area (Å²) >= 11 is 6.48. The zero-order chi connectivity index (χ0) is 18.7. The largest absolute Gasteiger partial charge is 0.374 e. The van der Waals surface area contributed by atoms with E-state index < -0.39 is 5.60 Å². The number of rotatable bonds is 4. The lowest BCUT2D eigenvalue weighted by Crippen LogP contribution is -2.30. The standard InChI is InChI=1S/C24H18ClNO/c25-22-15-7-5-13-20(22)19-12-4-6-14-21(19)24(27,18-10-2-1-3-11-18)23-16-8-9-17-26-23/h1-17,27H. The molecular formula is C24H18ClNO. The first-order valence-corrected chi connectivity index (χ1v) is 9.13. The van der Waals surface area contributed by atoms with Crippen molar-refractivity contribution in [3.05, 3.63) is 125 Å². The second kappa shape index (κ2) is 7.36. The molecule has 0 spiro atoms. The normalized spacial score (nSPS) is 13.1. The average molecular weight is 372 g/mol. The van der Waals surface area contributed by atoms with Gasteiger partial charge in [-0.1, -0.05) is 90.5 Å². The van der Waals surface area contributed by atoms with E-state index in [0.29, 0.717) is 10.7 Å². The monoisotopic (exact) mass is 371 g/mol. The molecule has 27 heavy (non-hydrogen) atoms. The molecule has 3 aromatic carbocycles. The van der Waals surface area contributed by atoms with Crippen molar-refractivity contribution in [2.24, 2.45) is 0 Å². The lowest BCUT2D eigenvalue weighted by Gasteiger charge is -2.31. The van der Waals surface area contributed by atoms with Crippen LogP contribution in [-0.4, -0.2) is 10.1 Å². The van der Waals surface area contributed by atoms with Crippen molar-refractivity contribution in [3.8, 4) is 11.1 Å². The number of pyridine rings is 1. The van der Waals surface area contributed by atoms with Gasteiger partial charge in [-0.05, 0) is 29.3 Å². The van der Waals surface area contributed by atoms with Crippen LogP contribution in [-0.2, 0) is 5.60 Å². The molecule has 1 aromatic heterocycles. The van der Waals surface area contributed by atoms with Crippen molar-refractivity contribution in [2.45, 2.75) is 5.60 Å². The second-order valence-corrected chi connectivity index (χ2v) is 6.72. The third-order valence-corrected chi connectivity index (χ3v) is 5.04. The molecule has 0 bridgehead atoms. The van der Waals surface area contributed by atoms with Gasteiger partial charge in [0.2, 0.25) is 0 Å². The Balaban J connectivity index is 2.03. The molecule has 132 valence electrons. The number of halogens is 1. The van der Waals surface area contributed by atoms with Gasteiger partial charge in [0.1, 0.15) is 0 Å². The van der Waals surface area contributed by atoms with E-state index in [9.17, 15) is 5.11 Å². The molecule has 2 nitrogen and oxygen atoms in total. The van der Waals surface area contributed by atoms with E-state index >= 15 is 0 Å². The summed E-state index contributed by atoms with van der Waals surface area (Å²) in [6.45, 7) is 0. The van der Waals surface area contributed by atoms with Gasteiger partial charge in [-0.2, -0.15) is 0 Å². The highest BCUT2D eigenvalue weighted by Gasteiger charge is 2.37. The minimum absolute atomic E-state index is 0.565. The van der Waals surface area contributed by atoms with Crippen LogP contribution in [0.2, 0.25) is 5.02 Å². The van der Waals surface area contributed by atoms with Gasteiger partial charge in [0.05, 0.1) is 5.69 Å². The van der Waals surface area contributed by atoms with Crippen LogP contribution in [0.1, 0.15) is 16.8 Å². The Morgan fingerprint density at radius 2 is 1.30 bits per heavy atom. The first-order chi connectivity index (χ1) is 13.2. The van der Waals surface area contributed by atoms with E-state index in [1.54, 1.807) is 6.20 Å². The van der Waals surface area contributed by atoms with Gasteiger partial charge in [-0.3, -0.25) is 4.98 Å². The maximum atomic E-state index is 12.1. The molecule has 0 aliphatic rings. The molecule has 1 unspecified atom stereocenters. The maximum Gasteiger partial charge on any atom is 0.157 e. The molecular weight excluding hydrogens is 354 g/mol. The summed E-state index contributed by atoms with van der Waals surface area (Å²) in [5, 5.41) is 12.7. The quantitative estimate of drug-likeness (QED) is 0.500. The topological polar surface area (TPSA) is 33.1 Å². The SMILES string of the molecule is OC(c1ccccc1)(c1ccccn1)c1ccccc1-c1ccccc1Cl. The number of aromatic nitrogens is 1. The molecule has 3 heteroatoms. The van der Waals surface area contributed by atoms with Crippen LogP contribution in [0.4, 0.5) is 0 Å². The van der Waals surface area contributed by atoms with E-state index in [2.05, 4.69) is 4.98 Å². The number of benzene rings is 3. The van der Waals surface area contributed by atoms with Crippen LogP contribution in [0.5, 0.6) is 0 Å². The minimum Gasteiger partial charge on any atom is -0.374 e. The molecule has 4 rings (SSSR count). The van der Waals surface area contributed by atoms with Gasteiger partial charge in [-0.25, -0.2) is 0 Å². The summed E-state index contributed by atoms with van der Waals surface area (Å²) in [6.07, 6.45) is 1.70. The number of hydrogen-bond acceptors (Lipinski definition) is 2. The highest BCUT2D eigenvalue weighted by atomic mass is 35.5. The Kier molecular flexibility index (Phi) is 4.76. The number of nitrogens with zero attached hydrogens (tertiary/aromatic N) is 1. The minimum atomic E-state index is -1.40. The highest BCUT2D eigenvalue weighted by Crippen LogP contribution is 2.42. The Bertz CT molecular complexity index is 1010. The van der Waals surface area contributed by atoms with E-state index in [4.69, 9.17) is 11.6 Å². The second-order valence-electron chi connectivity index (χ2n) is 6.32. The molecule has 0 radical (unpaired) electrons. The average Bonchev–Trinajstić information content (AvgIpc) is 2.75. The third kappa shape index (κ3) is 3.14. The molecule has 0 amide bonds. The fourth-order valence-electron chi connectivity index (χ4n) is 3.41. The van der Waals surface area contributed by atoms with Gasteiger partial charge < -0.3 is 5.11 Å². The lowest BCUT2D eigenvalue weighted by molar-refractivity contribution is 0.121. The van der Waals surface area contributed by atoms with Crippen molar-refractivity contribution in [1.29, 1.82) is 0 Å². The molecule has 0 saturated heterocycles. The van der Waals surface area contributed by atoms with E-state index in [0.717, 1.165) is 22.3 Å². The van der Waals surface area contributed by atoms with Crippen molar-refractivity contribution in [2.75, 3.05) is 0 Å².